The predicted octanol–water partition coefficient (Wildman–Crippen LogP) is 6.05. The third-order valence-electron chi connectivity index (χ3n) is 12.2. The molecule has 4 aliphatic carbocycles. The van der Waals surface area contributed by atoms with Crippen LogP contribution in [0.15, 0.2) is 0 Å². The van der Waals surface area contributed by atoms with Crippen LogP contribution in [0, 0.1) is 58.2 Å². The first-order valence-corrected chi connectivity index (χ1v) is 14.0. The van der Waals surface area contributed by atoms with E-state index in [2.05, 4.69) is 41.5 Å². The van der Waals surface area contributed by atoms with Crippen molar-refractivity contribution in [3.63, 3.8) is 0 Å². The summed E-state index contributed by atoms with van der Waals surface area (Å²) in [7, 11) is 0. The van der Waals surface area contributed by atoms with E-state index in [0.29, 0.717) is 29.6 Å². The lowest BCUT2D eigenvalue weighted by atomic mass is 9.53. The summed E-state index contributed by atoms with van der Waals surface area (Å²) in [5.74, 6) is 4.59. The highest BCUT2D eigenvalue weighted by Gasteiger charge is 2.71. The van der Waals surface area contributed by atoms with Crippen molar-refractivity contribution in [1.29, 1.82) is 0 Å². The molecule has 4 fully saturated rings. The van der Waals surface area contributed by atoms with Gasteiger partial charge in [0, 0.05) is 18.9 Å². The fraction of sp³-hybridized carbons (Fsp3) is 1.00. The van der Waals surface area contributed by atoms with Crippen LogP contribution in [0.25, 0.3) is 0 Å². The van der Waals surface area contributed by atoms with Gasteiger partial charge in [0.25, 0.3) is 0 Å². The maximum absolute atomic E-state index is 12.0. The molecule has 0 saturated heterocycles. The average Bonchev–Trinajstić information content (AvgIpc) is 3.17. The van der Waals surface area contributed by atoms with Gasteiger partial charge in [0.05, 0.1) is 11.7 Å². The monoisotopic (exact) mass is 448 g/mol. The van der Waals surface area contributed by atoms with Gasteiger partial charge in [-0.2, -0.15) is 0 Å². The van der Waals surface area contributed by atoms with Crippen LogP contribution in [0.2, 0.25) is 0 Å². The van der Waals surface area contributed by atoms with Crippen molar-refractivity contribution in [3.05, 3.63) is 0 Å². The second kappa shape index (κ2) is 8.83. The minimum absolute atomic E-state index is 0.0688. The molecular formula is C29H52O3. The Kier molecular flexibility index (Phi) is 6.89. The summed E-state index contributed by atoms with van der Waals surface area (Å²) >= 11 is 0. The Morgan fingerprint density at radius 1 is 0.938 bits per heavy atom. The van der Waals surface area contributed by atoms with Crippen LogP contribution < -0.4 is 0 Å². The molecule has 0 unspecified atom stereocenters. The smallest absolute Gasteiger partial charge is 0.0781 e. The molecule has 0 bridgehead atoms. The van der Waals surface area contributed by atoms with Crippen molar-refractivity contribution in [1.82, 2.24) is 0 Å². The van der Waals surface area contributed by atoms with Crippen molar-refractivity contribution in [2.24, 2.45) is 58.2 Å². The summed E-state index contributed by atoms with van der Waals surface area (Å²) in [5, 5.41) is 33.0. The van der Waals surface area contributed by atoms with Gasteiger partial charge in [-0.05, 0) is 97.2 Å². The maximum Gasteiger partial charge on any atom is 0.0781 e. The molecule has 3 nitrogen and oxygen atoms in total. The standard InChI is InChI=1S/C29H52O3/c1-7-20(18(2)3)9-8-19(4)22-10-11-23-26-24(13-14-27(22,23)5)28(6)15-12-21(31)16-29(28,32)25(26)17-30/h18-26,30-32H,7-17H2,1-6H3/t19-,20-,21+,22-,23+,24+,25-,26+,27-,28-,29-/m1/s1. The van der Waals surface area contributed by atoms with Gasteiger partial charge in [0.15, 0.2) is 0 Å². The van der Waals surface area contributed by atoms with Gasteiger partial charge >= 0.3 is 0 Å². The summed E-state index contributed by atoms with van der Waals surface area (Å²) in [4.78, 5) is 0. The molecule has 0 radical (unpaired) electrons. The first-order valence-electron chi connectivity index (χ1n) is 14.0. The zero-order valence-corrected chi connectivity index (χ0v) is 21.8. The summed E-state index contributed by atoms with van der Waals surface area (Å²) in [6.07, 6.45) is 10.8. The fourth-order valence-corrected chi connectivity index (χ4v) is 10.2. The third-order valence-corrected chi connectivity index (χ3v) is 12.2. The van der Waals surface area contributed by atoms with Crippen LogP contribution in [0.1, 0.15) is 106 Å². The Morgan fingerprint density at radius 2 is 1.66 bits per heavy atom. The van der Waals surface area contributed by atoms with E-state index in [4.69, 9.17) is 0 Å². The Labute approximate surface area is 197 Å². The largest absolute Gasteiger partial charge is 0.396 e. The molecule has 0 aromatic carbocycles. The highest BCUT2D eigenvalue weighted by molar-refractivity contribution is 5.20. The Morgan fingerprint density at radius 3 is 2.28 bits per heavy atom. The molecule has 3 heteroatoms. The van der Waals surface area contributed by atoms with Crippen LogP contribution in [0.3, 0.4) is 0 Å². The molecule has 0 spiro atoms. The molecule has 4 aliphatic rings. The van der Waals surface area contributed by atoms with Crippen LogP contribution in [-0.2, 0) is 0 Å². The first-order chi connectivity index (χ1) is 15.0. The van der Waals surface area contributed by atoms with Gasteiger partial charge in [-0.1, -0.05) is 54.4 Å². The number of hydrogen-bond acceptors (Lipinski definition) is 3. The first kappa shape index (κ1) is 25.0. The number of fused-ring (bicyclic) bond motifs is 5. The summed E-state index contributed by atoms with van der Waals surface area (Å²) in [6, 6.07) is 0. The van der Waals surface area contributed by atoms with Gasteiger partial charge in [-0.3, -0.25) is 0 Å². The predicted molar refractivity (Wildman–Crippen MR) is 131 cm³/mol. The molecule has 186 valence electrons. The SMILES string of the molecule is CC[C@H](CC[C@@H](C)[C@H]1CC[C@H]2[C@@H]3[C@@H](CO)[C@]4(O)C[C@@H](O)CC[C@]4(C)[C@H]3CC[C@]12C)C(C)C. The average molecular weight is 449 g/mol. The zero-order chi connectivity index (χ0) is 23.5. The maximum atomic E-state index is 12.0. The Bertz CT molecular complexity index is 663. The number of hydrogen-bond donors (Lipinski definition) is 3. The summed E-state index contributed by atoms with van der Waals surface area (Å²) in [5.41, 5.74) is -0.720. The summed E-state index contributed by atoms with van der Waals surface area (Å²) < 4.78 is 0. The van der Waals surface area contributed by atoms with E-state index < -0.39 is 11.7 Å². The van der Waals surface area contributed by atoms with E-state index in [9.17, 15) is 15.3 Å². The second-order valence-electron chi connectivity index (χ2n) is 13.5. The molecule has 3 N–H and O–H groups in total. The molecule has 4 saturated carbocycles. The van der Waals surface area contributed by atoms with Crippen molar-refractivity contribution in [3.8, 4) is 0 Å². The molecule has 0 aliphatic heterocycles. The minimum Gasteiger partial charge on any atom is -0.396 e. The van der Waals surface area contributed by atoms with Crippen molar-refractivity contribution in [2.45, 2.75) is 117 Å². The minimum atomic E-state index is -0.907. The molecule has 4 rings (SSSR count). The van der Waals surface area contributed by atoms with E-state index in [1.54, 1.807) is 0 Å². The number of rotatable bonds is 7. The van der Waals surface area contributed by atoms with E-state index in [1.165, 1.54) is 44.9 Å². The van der Waals surface area contributed by atoms with Gasteiger partial charge in [-0.25, -0.2) is 0 Å². The highest BCUT2D eigenvalue weighted by Crippen LogP contribution is 2.73. The molecule has 0 aromatic heterocycles. The molecule has 0 amide bonds. The summed E-state index contributed by atoms with van der Waals surface area (Å²) in [6.45, 7) is 14.5. The van der Waals surface area contributed by atoms with Crippen LogP contribution in [-0.4, -0.2) is 33.6 Å². The topological polar surface area (TPSA) is 60.7 Å². The lowest BCUT2D eigenvalue weighted by Crippen LogP contribution is -2.54. The van der Waals surface area contributed by atoms with Crippen LogP contribution in [0.5, 0.6) is 0 Å². The normalized spacial score (nSPS) is 50.1. The van der Waals surface area contributed by atoms with Gasteiger partial charge in [-0.15, -0.1) is 0 Å². The molecular weight excluding hydrogens is 396 g/mol. The van der Waals surface area contributed by atoms with E-state index in [0.717, 1.165) is 36.5 Å². The van der Waals surface area contributed by atoms with Crippen molar-refractivity contribution < 1.29 is 15.3 Å². The quantitative estimate of drug-likeness (QED) is 0.444. The van der Waals surface area contributed by atoms with E-state index in [-0.39, 0.29) is 17.9 Å². The zero-order valence-electron chi connectivity index (χ0n) is 21.8. The Hall–Kier alpha value is -0.120. The van der Waals surface area contributed by atoms with Crippen molar-refractivity contribution in [2.75, 3.05) is 6.61 Å². The lowest BCUT2D eigenvalue weighted by Gasteiger charge is -2.52. The third kappa shape index (κ3) is 3.54. The molecule has 0 aromatic rings. The molecule has 11 atom stereocenters. The number of aliphatic hydroxyl groups is 3. The van der Waals surface area contributed by atoms with Gasteiger partial charge in [0.1, 0.15) is 0 Å². The second-order valence-corrected chi connectivity index (χ2v) is 13.5. The lowest BCUT2D eigenvalue weighted by molar-refractivity contribution is -0.158. The van der Waals surface area contributed by atoms with E-state index in [1.807, 2.05) is 0 Å². The van der Waals surface area contributed by atoms with Gasteiger partial charge in [0.2, 0.25) is 0 Å². The van der Waals surface area contributed by atoms with Crippen LogP contribution >= 0.6 is 0 Å². The van der Waals surface area contributed by atoms with E-state index >= 15 is 0 Å². The fourth-order valence-electron chi connectivity index (χ4n) is 10.2. The Balaban J connectivity index is 1.56. The molecule has 0 heterocycles. The highest BCUT2D eigenvalue weighted by atomic mass is 16.3. The molecule has 32 heavy (non-hydrogen) atoms. The van der Waals surface area contributed by atoms with Gasteiger partial charge < -0.3 is 15.3 Å². The number of aliphatic hydroxyl groups excluding tert-OH is 2. The van der Waals surface area contributed by atoms with Crippen LogP contribution in [0.4, 0.5) is 0 Å². The van der Waals surface area contributed by atoms with Crippen molar-refractivity contribution >= 4 is 0 Å².